The zero-order valence-electron chi connectivity index (χ0n) is 11.3. The summed E-state index contributed by atoms with van der Waals surface area (Å²) in [6.07, 6.45) is 4.52. The molecule has 1 aromatic carbocycles. The Labute approximate surface area is 127 Å². The lowest BCUT2D eigenvalue weighted by Gasteiger charge is -2.22. The average molecular weight is 333 g/mol. The summed E-state index contributed by atoms with van der Waals surface area (Å²) in [6.45, 7) is 0.848. The molecule has 3 N–H and O–H groups in total. The fraction of sp³-hybridized carbons (Fsp3) is 0.200. The van der Waals surface area contributed by atoms with Gasteiger partial charge in [0.05, 0.1) is 0 Å². The Hall–Kier alpha value is -1.88. The van der Waals surface area contributed by atoms with Crippen molar-refractivity contribution < 1.29 is 0 Å². The van der Waals surface area contributed by atoms with E-state index in [1.54, 1.807) is 12.4 Å². The Balaban J connectivity index is 2.14. The molecule has 0 aliphatic rings. The maximum Gasteiger partial charge on any atom is 0.124 e. The van der Waals surface area contributed by atoms with Crippen LogP contribution in [0.1, 0.15) is 11.1 Å². The number of nitrogens with one attached hydrogen (secondary N) is 1. The topological polar surface area (TPSA) is 66.0 Å². The molecule has 0 radical (unpaired) electrons. The summed E-state index contributed by atoms with van der Waals surface area (Å²) >= 11 is 3.46. The van der Waals surface area contributed by atoms with Crippen molar-refractivity contribution in [3.05, 3.63) is 58.3 Å². The second kappa shape index (κ2) is 6.52. The van der Waals surface area contributed by atoms with E-state index in [-0.39, 0.29) is 5.84 Å². The number of benzene rings is 1. The summed E-state index contributed by atoms with van der Waals surface area (Å²) in [5.41, 5.74) is 8.60. The first kappa shape index (κ1) is 14.5. The van der Waals surface area contributed by atoms with E-state index in [0.29, 0.717) is 0 Å². The quantitative estimate of drug-likeness (QED) is 0.653. The summed E-state index contributed by atoms with van der Waals surface area (Å²) < 4.78 is 0.980. The predicted octanol–water partition coefficient (Wildman–Crippen LogP) is 2.81. The third-order valence-corrected chi connectivity index (χ3v) is 3.64. The van der Waals surface area contributed by atoms with E-state index in [0.717, 1.165) is 28.7 Å². The molecule has 0 atom stereocenters. The van der Waals surface area contributed by atoms with Gasteiger partial charge >= 0.3 is 0 Å². The molecule has 0 unspecified atom stereocenters. The molecule has 0 fully saturated rings. The molecule has 0 saturated heterocycles. The van der Waals surface area contributed by atoms with Crippen molar-refractivity contribution in [1.29, 1.82) is 5.41 Å². The number of nitrogens with zero attached hydrogens (tertiary/aromatic N) is 2. The summed E-state index contributed by atoms with van der Waals surface area (Å²) in [6, 6.07) is 9.78. The van der Waals surface area contributed by atoms with E-state index in [1.807, 2.05) is 37.4 Å². The van der Waals surface area contributed by atoms with Crippen LogP contribution in [0.2, 0.25) is 0 Å². The summed E-state index contributed by atoms with van der Waals surface area (Å²) in [5, 5.41) is 7.66. The monoisotopic (exact) mass is 332 g/mol. The molecule has 1 heterocycles. The van der Waals surface area contributed by atoms with Crippen molar-refractivity contribution in [2.24, 2.45) is 5.73 Å². The molecule has 0 amide bonds. The van der Waals surface area contributed by atoms with E-state index in [2.05, 4.69) is 25.8 Å². The highest BCUT2D eigenvalue weighted by Crippen LogP contribution is 2.24. The Kier molecular flexibility index (Phi) is 4.74. The third-order valence-electron chi connectivity index (χ3n) is 3.15. The van der Waals surface area contributed by atoms with Gasteiger partial charge in [0.25, 0.3) is 0 Å². The minimum Gasteiger partial charge on any atom is -0.384 e. The number of halogens is 1. The Morgan fingerprint density at radius 1 is 1.30 bits per heavy atom. The Morgan fingerprint density at radius 2 is 2.00 bits per heavy atom. The van der Waals surface area contributed by atoms with Gasteiger partial charge in [-0.15, -0.1) is 0 Å². The minimum absolute atomic E-state index is 0.0864. The van der Waals surface area contributed by atoms with Crippen LogP contribution in [-0.2, 0) is 6.42 Å². The Bertz CT molecular complexity index is 598. The van der Waals surface area contributed by atoms with Crippen LogP contribution in [0.15, 0.2) is 47.2 Å². The van der Waals surface area contributed by atoms with E-state index in [9.17, 15) is 0 Å². The van der Waals surface area contributed by atoms with E-state index < -0.39 is 0 Å². The van der Waals surface area contributed by atoms with Crippen LogP contribution in [0.25, 0.3) is 0 Å². The SMILES string of the molecule is CN(CCc1ccncc1)c1cc(Br)ccc1C(=N)N. The van der Waals surface area contributed by atoms with Crippen LogP contribution in [0.3, 0.4) is 0 Å². The number of nitrogens with two attached hydrogens (primary N) is 1. The number of nitrogen functional groups attached to an aromatic ring is 1. The third kappa shape index (κ3) is 3.57. The lowest BCUT2D eigenvalue weighted by atomic mass is 10.1. The summed E-state index contributed by atoms with van der Waals surface area (Å²) in [5.74, 6) is 0.0864. The maximum atomic E-state index is 7.66. The van der Waals surface area contributed by atoms with Gasteiger partial charge in [-0.1, -0.05) is 15.9 Å². The number of pyridine rings is 1. The number of hydrogen-bond acceptors (Lipinski definition) is 3. The van der Waals surface area contributed by atoms with Gasteiger partial charge in [0.2, 0.25) is 0 Å². The first-order valence-electron chi connectivity index (χ1n) is 6.32. The second-order valence-corrected chi connectivity index (χ2v) is 5.52. The van der Waals surface area contributed by atoms with Gasteiger partial charge in [-0.25, -0.2) is 0 Å². The fourth-order valence-corrected chi connectivity index (χ4v) is 2.36. The largest absolute Gasteiger partial charge is 0.384 e. The highest BCUT2D eigenvalue weighted by Gasteiger charge is 2.10. The number of amidine groups is 1. The lowest BCUT2D eigenvalue weighted by Crippen LogP contribution is -2.24. The van der Waals surface area contributed by atoms with Crippen LogP contribution >= 0.6 is 15.9 Å². The fourth-order valence-electron chi connectivity index (χ4n) is 2.02. The number of likely N-dealkylation sites (N-methyl/N-ethyl adjacent to an activating group) is 1. The van der Waals surface area contributed by atoms with E-state index >= 15 is 0 Å². The van der Waals surface area contributed by atoms with Crippen LogP contribution < -0.4 is 10.6 Å². The summed E-state index contributed by atoms with van der Waals surface area (Å²) in [4.78, 5) is 6.13. The standard InChI is InChI=1S/C15H17BrN4/c1-20(9-6-11-4-7-19-8-5-11)14-10-12(16)2-3-13(14)15(17)18/h2-5,7-8,10H,6,9H2,1H3,(H3,17,18). The van der Waals surface area contributed by atoms with Gasteiger partial charge in [0, 0.05) is 41.7 Å². The molecule has 2 aromatic rings. The van der Waals surface area contributed by atoms with E-state index in [1.165, 1.54) is 5.56 Å². The highest BCUT2D eigenvalue weighted by molar-refractivity contribution is 9.10. The molecule has 104 valence electrons. The zero-order chi connectivity index (χ0) is 14.5. The van der Waals surface area contributed by atoms with Crippen molar-refractivity contribution in [1.82, 2.24) is 4.98 Å². The van der Waals surface area contributed by atoms with Gasteiger partial charge in [-0.05, 0) is 42.3 Å². The van der Waals surface area contributed by atoms with Crippen molar-refractivity contribution in [2.75, 3.05) is 18.5 Å². The van der Waals surface area contributed by atoms with Crippen LogP contribution in [-0.4, -0.2) is 24.4 Å². The lowest BCUT2D eigenvalue weighted by molar-refractivity contribution is 0.873. The normalized spacial score (nSPS) is 10.3. The summed E-state index contributed by atoms with van der Waals surface area (Å²) in [7, 11) is 2.01. The second-order valence-electron chi connectivity index (χ2n) is 4.60. The van der Waals surface area contributed by atoms with E-state index in [4.69, 9.17) is 11.1 Å². The molecule has 0 spiro atoms. The van der Waals surface area contributed by atoms with Gasteiger partial charge in [0.1, 0.15) is 5.84 Å². The molecule has 0 aliphatic heterocycles. The predicted molar refractivity (Wildman–Crippen MR) is 86.4 cm³/mol. The molecule has 20 heavy (non-hydrogen) atoms. The number of hydrogen-bond donors (Lipinski definition) is 2. The molecule has 5 heteroatoms. The van der Waals surface area contributed by atoms with Crippen LogP contribution in [0.5, 0.6) is 0 Å². The van der Waals surface area contributed by atoms with Crippen molar-refractivity contribution >= 4 is 27.5 Å². The van der Waals surface area contributed by atoms with Gasteiger partial charge in [-0.3, -0.25) is 10.4 Å². The number of aromatic nitrogens is 1. The van der Waals surface area contributed by atoms with Crippen molar-refractivity contribution in [3.8, 4) is 0 Å². The van der Waals surface area contributed by atoms with Crippen molar-refractivity contribution in [2.45, 2.75) is 6.42 Å². The smallest absolute Gasteiger partial charge is 0.124 e. The molecular weight excluding hydrogens is 316 g/mol. The molecule has 0 aliphatic carbocycles. The van der Waals surface area contributed by atoms with Crippen molar-refractivity contribution in [3.63, 3.8) is 0 Å². The van der Waals surface area contributed by atoms with Gasteiger partial charge < -0.3 is 10.6 Å². The molecule has 0 bridgehead atoms. The maximum absolute atomic E-state index is 7.66. The first-order chi connectivity index (χ1) is 9.58. The molecule has 2 rings (SSSR count). The molecule has 1 aromatic heterocycles. The Morgan fingerprint density at radius 3 is 2.65 bits per heavy atom. The minimum atomic E-state index is 0.0864. The first-order valence-corrected chi connectivity index (χ1v) is 7.11. The molecule has 0 saturated carbocycles. The van der Waals surface area contributed by atoms with Crippen LogP contribution in [0, 0.1) is 5.41 Å². The highest BCUT2D eigenvalue weighted by atomic mass is 79.9. The number of anilines is 1. The average Bonchev–Trinajstić information content (AvgIpc) is 2.45. The van der Waals surface area contributed by atoms with Crippen LogP contribution in [0.4, 0.5) is 5.69 Å². The van der Waals surface area contributed by atoms with Gasteiger partial charge in [0.15, 0.2) is 0 Å². The number of rotatable bonds is 5. The molecule has 4 nitrogen and oxygen atoms in total. The zero-order valence-corrected chi connectivity index (χ0v) is 12.9. The molecular formula is C15H17BrN4. The van der Waals surface area contributed by atoms with Gasteiger partial charge in [-0.2, -0.15) is 0 Å².